The molecule has 1 aliphatic rings. The Labute approximate surface area is 146 Å². The molecule has 132 valence electrons. The van der Waals surface area contributed by atoms with Crippen LogP contribution >= 0.6 is 0 Å². The number of amides is 1. The SMILES string of the molecule is CCOc1cccc(-c2cc3c(cc2F)C(NC(=O)O)C(C)(C)C3)c1. The molecule has 0 fully saturated rings. The van der Waals surface area contributed by atoms with Crippen LogP contribution in [0.3, 0.4) is 0 Å². The maximum Gasteiger partial charge on any atom is 0.405 e. The average molecular weight is 343 g/mol. The number of hydrogen-bond acceptors (Lipinski definition) is 2. The molecule has 2 N–H and O–H groups in total. The standard InChI is InChI=1S/C20H22FNO3/c1-4-25-14-7-5-6-12(8-14)15-9-13-11-20(2,3)18(22-19(23)24)16(13)10-17(15)21/h5-10,18,22H,4,11H2,1-3H3,(H,23,24). The molecule has 1 unspecified atom stereocenters. The van der Waals surface area contributed by atoms with E-state index >= 15 is 0 Å². The van der Waals surface area contributed by atoms with E-state index in [1.165, 1.54) is 6.07 Å². The first kappa shape index (κ1) is 17.3. The molecule has 2 aromatic carbocycles. The van der Waals surface area contributed by atoms with E-state index in [9.17, 15) is 9.18 Å². The Kier molecular flexibility index (Phi) is 4.41. The van der Waals surface area contributed by atoms with E-state index in [0.29, 0.717) is 24.3 Å². The molecule has 0 heterocycles. The Morgan fingerprint density at radius 3 is 2.80 bits per heavy atom. The Bertz CT molecular complexity index is 817. The summed E-state index contributed by atoms with van der Waals surface area (Å²) in [4.78, 5) is 11.1. The topological polar surface area (TPSA) is 58.6 Å². The van der Waals surface area contributed by atoms with Crippen LogP contribution in [0.1, 0.15) is 37.9 Å². The summed E-state index contributed by atoms with van der Waals surface area (Å²) in [6, 6.07) is 10.2. The van der Waals surface area contributed by atoms with E-state index in [1.807, 2.05) is 51.1 Å². The third-order valence-corrected chi connectivity index (χ3v) is 4.69. The van der Waals surface area contributed by atoms with Gasteiger partial charge in [-0.2, -0.15) is 0 Å². The first-order valence-electron chi connectivity index (χ1n) is 8.37. The zero-order valence-electron chi connectivity index (χ0n) is 14.6. The minimum absolute atomic E-state index is 0.307. The van der Waals surface area contributed by atoms with Crippen molar-refractivity contribution in [3.05, 3.63) is 53.3 Å². The van der Waals surface area contributed by atoms with Gasteiger partial charge in [0.05, 0.1) is 12.6 Å². The lowest BCUT2D eigenvalue weighted by Gasteiger charge is -2.27. The molecular formula is C20H22FNO3. The zero-order valence-corrected chi connectivity index (χ0v) is 14.6. The van der Waals surface area contributed by atoms with Crippen molar-refractivity contribution in [3.8, 4) is 16.9 Å². The van der Waals surface area contributed by atoms with E-state index in [-0.39, 0.29) is 11.2 Å². The van der Waals surface area contributed by atoms with E-state index in [1.54, 1.807) is 0 Å². The second-order valence-corrected chi connectivity index (χ2v) is 7.04. The van der Waals surface area contributed by atoms with Gasteiger partial charge in [0, 0.05) is 5.56 Å². The molecule has 1 atom stereocenters. The molecule has 5 heteroatoms. The van der Waals surface area contributed by atoms with E-state index in [2.05, 4.69) is 5.32 Å². The summed E-state index contributed by atoms with van der Waals surface area (Å²) in [7, 11) is 0. The molecular weight excluding hydrogens is 321 g/mol. The van der Waals surface area contributed by atoms with Gasteiger partial charge in [-0.15, -0.1) is 0 Å². The van der Waals surface area contributed by atoms with E-state index in [0.717, 1.165) is 16.7 Å². The molecule has 3 rings (SSSR count). The molecule has 0 saturated carbocycles. The van der Waals surface area contributed by atoms with Gasteiger partial charge >= 0.3 is 6.09 Å². The highest BCUT2D eigenvalue weighted by molar-refractivity contribution is 5.69. The summed E-state index contributed by atoms with van der Waals surface area (Å²) >= 11 is 0. The van der Waals surface area contributed by atoms with Crippen molar-refractivity contribution in [1.29, 1.82) is 0 Å². The maximum atomic E-state index is 14.8. The Morgan fingerprint density at radius 1 is 1.36 bits per heavy atom. The Morgan fingerprint density at radius 2 is 2.12 bits per heavy atom. The van der Waals surface area contributed by atoms with Crippen molar-refractivity contribution >= 4 is 6.09 Å². The first-order valence-corrected chi connectivity index (χ1v) is 8.37. The highest BCUT2D eigenvalue weighted by atomic mass is 19.1. The fourth-order valence-corrected chi connectivity index (χ4v) is 3.61. The van der Waals surface area contributed by atoms with Gasteiger partial charge in [0.15, 0.2) is 0 Å². The molecule has 1 amide bonds. The summed E-state index contributed by atoms with van der Waals surface area (Å²) in [5.74, 6) is 0.341. The quantitative estimate of drug-likeness (QED) is 0.840. The van der Waals surface area contributed by atoms with Gasteiger partial charge in [0.25, 0.3) is 0 Å². The highest BCUT2D eigenvalue weighted by Gasteiger charge is 2.40. The van der Waals surface area contributed by atoms with Gasteiger partial charge in [-0.25, -0.2) is 9.18 Å². The third kappa shape index (κ3) is 3.31. The lowest BCUT2D eigenvalue weighted by Crippen LogP contribution is -2.34. The zero-order chi connectivity index (χ0) is 18.2. The summed E-state index contributed by atoms with van der Waals surface area (Å²) in [5.41, 5.74) is 2.64. The molecule has 1 aliphatic carbocycles. The van der Waals surface area contributed by atoms with Gasteiger partial charge in [-0.1, -0.05) is 26.0 Å². The molecule has 4 nitrogen and oxygen atoms in total. The van der Waals surface area contributed by atoms with Crippen LogP contribution in [0.5, 0.6) is 5.75 Å². The number of fused-ring (bicyclic) bond motifs is 1. The summed E-state index contributed by atoms with van der Waals surface area (Å²) in [6.07, 6.45) is -0.411. The van der Waals surface area contributed by atoms with Crippen LogP contribution in [-0.4, -0.2) is 17.8 Å². The summed E-state index contributed by atoms with van der Waals surface area (Å²) in [5, 5.41) is 11.6. The number of hydrogen-bond donors (Lipinski definition) is 2. The Balaban J connectivity index is 2.04. The van der Waals surface area contributed by atoms with Crippen molar-refractivity contribution in [2.75, 3.05) is 6.61 Å². The number of carboxylic acid groups (broad SMARTS) is 1. The van der Waals surface area contributed by atoms with Crippen LogP contribution in [0.4, 0.5) is 9.18 Å². The lowest BCUT2D eigenvalue weighted by molar-refractivity contribution is 0.175. The number of halogens is 1. The minimum Gasteiger partial charge on any atom is -0.494 e. The van der Waals surface area contributed by atoms with Crippen LogP contribution in [-0.2, 0) is 6.42 Å². The second kappa shape index (κ2) is 6.39. The number of carbonyl (C=O) groups is 1. The number of nitrogens with one attached hydrogen (secondary N) is 1. The molecule has 0 aliphatic heterocycles. The maximum absolute atomic E-state index is 14.8. The smallest absolute Gasteiger partial charge is 0.405 e. The van der Waals surface area contributed by atoms with Crippen LogP contribution in [0.15, 0.2) is 36.4 Å². The van der Waals surface area contributed by atoms with Crippen molar-refractivity contribution < 1.29 is 19.0 Å². The second-order valence-electron chi connectivity index (χ2n) is 7.04. The average Bonchev–Trinajstić information content (AvgIpc) is 2.77. The lowest BCUT2D eigenvalue weighted by atomic mass is 9.85. The van der Waals surface area contributed by atoms with Crippen molar-refractivity contribution in [2.45, 2.75) is 33.2 Å². The minimum atomic E-state index is -1.10. The third-order valence-electron chi connectivity index (χ3n) is 4.69. The van der Waals surface area contributed by atoms with Crippen LogP contribution in [0, 0.1) is 11.2 Å². The Hall–Kier alpha value is -2.56. The van der Waals surface area contributed by atoms with E-state index < -0.39 is 12.1 Å². The first-order chi connectivity index (χ1) is 11.8. The number of rotatable bonds is 4. The van der Waals surface area contributed by atoms with Crippen molar-refractivity contribution in [3.63, 3.8) is 0 Å². The monoisotopic (exact) mass is 343 g/mol. The van der Waals surface area contributed by atoms with Crippen LogP contribution < -0.4 is 10.1 Å². The molecule has 0 bridgehead atoms. The normalized spacial score (nSPS) is 17.8. The van der Waals surface area contributed by atoms with Crippen molar-refractivity contribution in [1.82, 2.24) is 5.32 Å². The highest BCUT2D eigenvalue weighted by Crippen LogP contribution is 2.46. The van der Waals surface area contributed by atoms with Crippen molar-refractivity contribution in [2.24, 2.45) is 5.41 Å². The fourth-order valence-electron chi connectivity index (χ4n) is 3.61. The van der Waals surface area contributed by atoms with Gasteiger partial charge in [-0.05, 0) is 59.7 Å². The molecule has 25 heavy (non-hydrogen) atoms. The molecule has 0 aromatic heterocycles. The van der Waals surface area contributed by atoms with Crippen LogP contribution in [0.2, 0.25) is 0 Å². The predicted octanol–water partition coefficient (Wildman–Crippen LogP) is 4.78. The fraction of sp³-hybridized carbons (Fsp3) is 0.350. The summed E-state index contributed by atoms with van der Waals surface area (Å²) < 4.78 is 20.3. The van der Waals surface area contributed by atoms with E-state index in [4.69, 9.17) is 9.84 Å². The van der Waals surface area contributed by atoms with Gasteiger partial charge in [-0.3, -0.25) is 0 Å². The number of benzene rings is 2. The number of ether oxygens (including phenoxy) is 1. The van der Waals surface area contributed by atoms with Gasteiger partial charge in [0.1, 0.15) is 11.6 Å². The molecule has 0 spiro atoms. The van der Waals surface area contributed by atoms with Crippen LogP contribution in [0.25, 0.3) is 11.1 Å². The summed E-state index contributed by atoms with van der Waals surface area (Å²) in [6.45, 7) is 6.43. The van der Waals surface area contributed by atoms with Gasteiger partial charge in [0.2, 0.25) is 0 Å². The molecule has 0 saturated heterocycles. The molecule has 0 radical (unpaired) electrons. The largest absolute Gasteiger partial charge is 0.494 e. The van der Waals surface area contributed by atoms with Gasteiger partial charge < -0.3 is 15.2 Å². The predicted molar refractivity (Wildman–Crippen MR) is 94.4 cm³/mol. The molecule has 2 aromatic rings.